The summed E-state index contributed by atoms with van der Waals surface area (Å²) in [6.45, 7) is 5.54. The van der Waals surface area contributed by atoms with Crippen LogP contribution in [-0.4, -0.2) is 41.1 Å². The molecule has 0 unspecified atom stereocenters. The number of aromatic nitrogens is 1. The Bertz CT molecular complexity index is 373. The Balaban J connectivity index is 2.73. The molecule has 0 spiro atoms. The van der Waals surface area contributed by atoms with Crippen LogP contribution in [0.15, 0.2) is 16.8 Å². The third kappa shape index (κ3) is 3.58. The molecule has 0 saturated heterocycles. The molecule has 0 fully saturated rings. The van der Waals surface area contributed by atoms with E-state index >= 15 is 0 Å². The second-order valence-corrected chi connectivity index (χ2v) is 3.71. The zero-order valence-corrected chi connectivity index (χ0v) is 10.2. The van der Waals surface area contributed by atoms with Crippen molar-refractivity contribution < 1.29 is 18.8 Å². The topological polar surface area (TPSA) is 72.6 Å². The number of hydrogen-bond acceptors (Lipinski definition) is 5. The van der Waals surface area contributed by atoms with Crippen LogP contribution in [0.25, 0.3) is 0 Å². The lowest BCUT2D eigenvalue weighted by Crippen LogP contribution is -2.41. The fraction of sp³-hybridized carbons (Fsp3) is 0.545. The number of hydrogen-bond donors (Lipinski definition) is 0. The van der Waals surface area contributed by atoms with Crippen molar-refractivity contribution in [2.75, 3.05) is 13.2 Å². The predicted octanol–water partition coefficient (Wildman–Crippen LogP) is 1.09. The maximum atomic E-state index is 12.0. The number of ether oxygens (including phenoxy) is 1. The van der Waals surface area contributed by atoms with Crippen molar-refractivity contribution >= 4 is 11.9 Å². The minimum atomic E-state index is -0.436. The van der Waals surface area contributed by atoms with Gasteiger partial charge in [-0.2, -0.15) is 0 Å². The number of amides is 1. The molecule has 17 heavy (non-hydrogen) atoms. The molecule has 1 heterocycles. The Hall–Kier alpha value is -1.85. The van der Waals surface area contributed by atoms with E-state index in [4.69, 9.17) is 9.26 Å². The van der Waals surface area contributed by atoms with E-state index < -0.39 is 5.97 Å². The third-order valence-electron chi connectivity index (χ3n) is 2.14. The van der Waals surface area contributed by atoms with Crippen molar-refractivity contribution in [1.29, 1.82) is 0 Å². The Kier molecular flexibility index (Phi) is 4.68. The molecule has 0 saturated carbocycles. The van der Waals surface area contributed by atoms with E-state index in [9.17, 15) is 9.59 Å². The van der Waals surface area contributed by atoms with Gasteiger partial charge in [0.1, 0.15) is 6.54 Å². The molecule has 1 aromatic heterocycles. The molecule has 1 aromatic rings. The van der Waals surface area contributed by atoms with Crippen LogP contribution >= 0.6 is 0 Å². The first-order valence-corrected chi connectivity index (χ1v) is 5.43. The highest BCUT2D eigenvalue weighted by Crippen LogP contribution is 2.07. The van der Waals surface area contributed by atoms with Crippen LogP contribution in [-0.2, 0) is 9.53 Å². The molecule has 6 heteroatoms. The standard InChI is InChI=1S/C11H16N2O4/c1-4-16-10(14)7-13(8(2)3)11(15)9-5-6-12-17-9/h5-6,8H,4,7H2,1-3H3. The number of rotatable bonds is 5. The first-order valence-electron chi connectivity index (χ1n) is 5.43. The van der Waals surface area contributed by atoms with Gasteiger partial charge in [-0.25, -0.2) is 0 Å². The first-order chi connectivity index (χ1) is 8.06. The number of esters is 1. The van der Waals surface area contributed by atoms with Crippen LogP contribution in [0.2, 0.25) is 0 Å². The molecule has 0 atom stereocenters. The number of nitrogens with zero attached hydrogens (tertiary/aromatic N) is 2. The molecule has 0 aliphatic carbocycles. The second kappa shape index (κ2) is 6.03. The summed E-state index contributed by atoms with van der Waals surface area (Å²) in [5.74, 6) is -0.692. The summed E-state index contributed by atoms with van der Waals surface area (Å²) < 4.78 is 9.59. The summed E-state index contributed by atoms with van der Waals surface area (Å²) in [5.41, 5.74) is 0. The fourth-order valence-corrected chi connectivity index (χ4v) is 1.30. The van der Waals surface area contributed by atoms with Gasteiger partial charge in [0, 0.05) is 12.1 Å². The van der Waals surface area contributed by atoms with E-state index in [1.165, 1.54) is 17.2 Å². The van der Waals surface area contributed by atoms with Crippen LogP contribution in [0.5, 0.6) is 0 Å². The Morgan fingerprint density at radius 1 is 1.53 bits per heavy atom. The van der Waals surface area contributed by atoms with Crippen LogP contribution in [0.4, 0.5) is 0 Å². The molecule has 6 nitrogen and oxygen atoms in total. The van der Waals surface area contributed by atoms with Crippen molar-refractivity contribution in [1.82, 2.24) is 10.1 Å². The maximum absolute atomic E-state index is 12.0. The summed E-state index contributed by atoms with van der Waals surface area (Å²) in [6, 6.07) is 1.33. The predicted molar refractivity (Wildman–Crippen MR) is 59.3 cm³/mol. The molecule has 0 radical (unpaired) electrons. The van der Waals surface area contributed by atoms with E-state index in [1.807, 2.05) is 13.8 Å². The zero-order chi connectivity index (χ0) is 12.8. The van der Waals surface area contributed by atoms with Crippen LogP contribution in [0.3, 0.4) is 0 Å². The summed E-state index contributed by atoms with van der Waals surface area (Å²) in [6.07, 6.45) is 1.39. The lowest BCUT2D eigenvalue weighted by atomic mass is 10.3. The zero-order valence-electron chi connectivity index (χ0n) is 10.2. The van der Waals surface area contributed by atoms with E-state index in [0.717, 1.165) is 0 Å². The Labute approximate surface area is 99.5 Å². The van der Waals surface area contributed by atoms with Crippen molar-refractivity contribution in [3.63, 3.8) is 0 Å². The van der Waals surface area contributed by atoms with Gasteiger partial charge in [-0.1, -0.05) is 5.16 Å². The third-order valence-corrected chi connectivity index (χ3v) is 2.14. The SMILES string of the molecule is CCOC(=O)CN(C(=O)c1ccno1)C(C)C. The summed E-state index contributed by atoms with van der Waals surface area (Å²) in [7, 11) is 0. The van der Waals surface area contributed by atoms with Crippen molar-refractivity contribution in [2.24, 2.45) is 0 Å². The minimum absolute atomic E-state index is 0.0922. The highest BCUT2D eigenvalue weighted by Gasteiger charge is 2.24. The molecule has 0 aliphatic rings. The van der Waals surface area contributed by atoms with Crippen LogP contribution in [0, 0.1) is 0 Å². The maximum Gasteiger partial charge on any atom is 0.325 e. The molecular formula is C11H16N2O4. The van der Waals surface area contributed by atoms with Gasteiger partial charge in [0.2, 0.25) is 5.76 Å². The molecular weight excluding hydrogens is 224 g/mol. The van der Waals surface area contributed by atoms with E-state index in [-0.39, 0.29) is 24.3 Å². The lowest BCUT2D eigenvalue weighted by molar-refractivity contribution is -0.144. The lowest BCUT2D eigenvalue weighted by Gasteiger charge is -2.24. The molecule has 94 valence electrons. The van der Waals surface area contributed by atoms with Gasteiger partial charge in [0.05, 0.1) is 12.8 Å². The summed E-state index contributed by atoms with van der Waals surface area (Å²) in [4.78, 5) is 24.7. The highest BCUT2D eigenvalue weighted by atomic mass is 16.5. The molecule has 0 aromatic carbocycles. The van der Waals surface area contributed by atoms with Gasteiger partial charge >= 0.3 is 5.97 Å². The van der Waals surface area contributed by atoms with Gasteiger partial charge in [0.15, 0.2) is 0 Å². The molecule has 0 N–H and O–H groups in total. The van der Waals surface area contributed by atoms with Crippen LogP contribution in [0.1, 0.15) is 31.3 Å². The minimum Gasteiger partial charge on any atom is -0.465 e. The number of carbonyl (C=O) groups excluding carboxylic acids is 2. The largest absolute Gasteiger partial charge is 0.465 e. The van der Waals surface area contributed by atoms with Crippen molar-refractivity contribution in [3.05, 3.63) is 18.0 Å². The van der Waals surface area contributed by atoms with Gasteiger partial charge in [-0.05, 0) is 20.8 Å². The first kappa shape index (κ1) is 13.2. The normalized spacial score (nSPS) is 10.4. The number of carbonyl (C=O) groups is 2. The van der Waals surface area contributed by atoms with E-state index in [1.54, 1.807) is 6.92 Å². The second-order valence-electron chi connectivity index (χ2n) is 3.71. The molecule has 0 aliphatic heterocycles. The molecule has 0 bridgehead atoms. The molecule has 1 amide bonds. The monoisotopic (exact) mass is 240 g/mol. The fourth-order valence-electron chi connectivity index (χ4n) is 1.30. The molecule has 1 rings (SSSR count). The quantitative estimate of drug-likeness (QED) is 0.720. The van der Waals surface area contributed by atoms with Crippen LogP contribution < -0.4 is 0 Å². The summed E-state index contributed by atoms with van der Waals surface area (Å²) >= 11 is 0. The average molecular weight is 240 g/mol. The van der Waals surface area contributed by atoms with Gasteiger partial charge in [-0.3, -0.25) is 9.59 Å². The van der Waals surface area contributed by atoms with Gasteiger partial charge in [0.25, 0.3) is 5.91 Å². The smallest absolute Gasteiger partial charge is 0.325 e. The van der Waals surface area contributed by atoms with Gasteiger partial charge < -0.3 is 14.2 Å². The Morgan fingerprint density at radius 2 is 2.24 bits per heavy atom. The van der Waals surface area contributed by atoms with Crippen molar-refractivity contribution in [2.45, 2.75) is 26.8 Å². The van der Waals surface area contributed by atoms with Gasteiger partial charge in [-0.15, -0.1) is 0 Å². The highest BCUT2D eigenvalue weighted by molar-refractivity contribution is 5.93. The van der Waals surface area contributed by atoms with E-state index in [2.05, 4.69) is 5.16 Å². The average Bonchev–Trinajstić information content (AvgIpc) is 2.78. The van der Waals surface area contributed by atoms with Crippen molar-refractivity contribution in [3.8, 4) is 0 Å². The Morgan fingerprint density at radius 3 is 2.71 bits per heavy atom. The van der Waals surface area contributed by atoms with E-state index in [0.29, 0.717) is 6.61 Å². The summed E-state index contributed by atoms with van der Waals surface area (Å²) in [5, 5.41) is 3.46.